The van der Waals surface area contributed by atoms with E-state index < -0.39 is 0 Å². The summed E-state index contributed by atoms with van der Waals surface area (Å²) >= 11 is 9.48. The number of hydrogen-bond donors (Lipinski definition) is 1. The molecule has 3 aromatic rings. The fourth-order valence-electron chi connectivity index (χ4n) is 2.49. The molecule has 0 saturated heterocycles. The van der Waals surface area contributed by atoms with Gasteiger partial charge in [0.2, 0.25) is 0 Å². The fourth-order valence-corrected chi connectivity index (χ4v) is 3.08. The zero-order chi connectivity index (χ0) is 19.2. The summed E-state index contributed by atoms with van der Waals surface area (Å²) in [5, 5.41) is 3.95. The molecular formula is C21H18BrClFNO2. The average molecular weight is 451 g/mol. The van der Waals surface area contributed by atoms with Gasteiger partial charge in [0.25, 0.3) is 0 Å². The molecule has 0 spiro atoms. The molecule has 0 unspecified atom stereocenters. The van der Waals surface area contributed by atoms with E-state index in [0.29, 0.717) is 29.7 Å². The number of nitrogens with one attached hydrogen (secondary N) is 1. The second-order valence-corrected chi connectivity index (χ2v) is 7.16. The molecule has 3 aromatic carbocycles. The smallest absolute Gasteiger partial charge is 0.162 e. The molecule has 0 radical (unpaired) electrons. The van der Waals surface area contributed by atoms with Gasteiger partial charge in [-0.15, -0.1) is 0 Å². The summed E-state index contributed by atoms with van der Waals surface area (Å²) < 4.78 is 25.3. The number of rotatable bonds is 7. The van der Waals surface area contributed by atoms with Gasteiger partial charge in [0.05, 0.1) is 7.11 Å². The summed E-state index contributed by atoms with van der Waals surface area (Å²) in [4.78, 5) is 0. The molecule has 0 fully saturated rings. The zero-order valence-electron chi connectivity index (χ0n) is 14.6. The summed E-state index contributed by atoms with van der Waals surface area (Å²) in [6.07, 6.45) is 0. The first-order valence-corrected chi connectivity index (χ1v) is 9.45. The van der Waals surface area contributed by atoms with Crippen molar-refractivity contribution < 1.29 is 13.9 Å². The predicted octanol–water partition coefficient (Wildman–Crippen LogP) is 6.44. The van der Waals surface area contributed by atoms with Crippen LogP contribution in [0.15, 0.2) is 65.1 Å². The van der Waals surface area contributed by atoms with E-state index in [0.717, 1.165) is 21.3 Å². The van der Waals surface area contributed by atoms with Gasteiger partial charge in [-0.3, -0.25) is 0 Å². The van der Waals surface area contributed by atoms with Crippen molar-refractivity contribution in [2.75, 3.05) is 12.4 Å². The van der Waals surface area contributed by atoms with Crippen LogP contribution in [0, 0.1) is 5.82 Å². The monoisotopic (exact) mass is 449 g/mol. The first kappa shape index (κ1) is 19.5. The lowest BCUT2D eigenvalue weighted by Crippen LogP contribution is -2.03. The number of anilines is 1. The second kappa shape index (κ2) is 9.11. The minimum Gasteiger partial charge on any atom is -0.493 e. The highest BCUT2D eigenvalue weighted by molar-refractivity contribution is 9.10. The van der Waals surface area contributed by atoms with Crippen molar-refractivity contribution >= 4 is 33.2 Å². The van der Waals surface area contributed by atoms with E-state index in [9.17, 15) is 4.39 Å². The van der Waals surface area contributed by atoms with Crippen molar-refractivity contribution in [1.29, 1.82) is 0 Å². The van der Waals surface area contributed by atoms with Gasteiger partial charge in [0, 0.05) is 21.7 Å². The van der Waals surface area contributed by atoms with E-state index in [1.807, 2.05) is 36.4 Å². The van der Waals surface area contributed by atoms with Crippen molar-refractivity contribution in [2.45, 2.75) is 13.2 Å². The molecule has 0 heterocycles. The third-order valence-corrected chi connectivity index (χ3v) is 4.96. The summed E-state index contributed by atoms with van der Waals surface area (Å²) in [6, 6.07) is 17.5. The van der Waals surface area contributed by atoms with Crippen LogP contribution in [0.3, 0.4) is 0 Å². The molecule has 0 bridgehead atoms. The van der Waals surface area contributed by atoms with Crippen molar-refractivity contribution in [3.05, 3.63) is 87.1 Å². The third kappa shape index (κ3) is 5.37. The van der Waals surface area contributed by atoms with Crippen LogP contribution in [0.5, 0.6) is 11.5 Å². The Morgan fingerprint density at radius 2 is 1.70 bits per heavy atom. The quantitative estimate of drug-likeness (QED) is 0.449. The number of methoxy groups -OCH3 is 1. The maximum absolute atomic E-state index is 13.0. The van der Waals surface area contributed by atoms with Crippen LogP contribution in [-0.4, -0.2) is 7.11 Å². The zero-order valence-corrected chi connectivity index (χ0v) is 17.0. The van der Waals surface area contributed by atoms with E-state index in [4.69, 9.17) is 21.1 Å². The molecule has 1 N–H and O–H groups in total. The van der Waals surface area contributed by atoms with Gasteiger partial charge in [0.1, 0.15) is 12.4 Å². The second-order valence-electron chi connectivity index (χ2n) is 5.87. The summed E-state index contributed by atoms with van der Waals surface area (Å²) in [6.45, 7) is 0.965. The molecule has 0 aliphatic heterocycles. The summed E-state index contributed by atoms with van der Waals surface area (Å²) in [5.41, 5.74) is 2.85. The van der Waals surface area contributed by atoms with Crippen molar-refractivity contribution in [1.82, 2.24) is 0 Å². The topological polar surface area (TPSA) is 30.5 Å². The SMILES string of the molecule is COc1cc(CNc2ccc(F)cc2)c(Br)cc1OCc1ccc(Cl)cc1. The third-order valence-electron chi connectivity index (χ3n) is 3.97. The van der Waals surface area contributed by atoms with Gasteiger partial charge < -0.3 is 14.8 Å². The van der Waals surface area contributed by atoms with Gasteiger partial charge in [-0.25, -0.2) is 4.39 Å². The molecule has 27 heavy (non-hydrogen) atoms. The normalized spacial score (nSPS) is 10.5. The van der Waals surface area contributed by atoms with Crippen molar-refractivity contribution in [3.63, 3.8) is 0 Å². The van der Waals surface area contributed by atoms with E-state index in [1.54, 1.807) is 19.2 Å². The van der Waals surface area contributed by atoms with Crippen LogP contribution in [-0.2, 0) is 13.2 Å². The average Bonchev–Trinajstić information content (AvgIpc) is 2.68. The Kier molecular flexibility index (Phi) is 6.58. The number of ether oxygens (including phenoxy) is 2. The Bertz CT molecular complexity index is 901. The maximum atomic E-state index is 13.0. The first-order chi connectivity index (χ1) is 13.0. The summed E-state index contributed by atoms with van der Waals surface area (Å²) in [5.74, 6) is 1.03. The molecule has 6 heteroatoms. The molecule has 0 aromatic heterocycles. The van der Waals surface area contributed by atoms with Gasteiger partial charge in [-0.05, 0) is 59.7 Å². The van der Waals surface area contributed by atoms with E-state index in [-0.39, 0.29) is 5.82 Å². The van der Waals surface area contributed by atoms with Crippen LogP contribution in [0.25, 0.3) is 0 Å². The van der Waals surface area contributed by atoms with Crippen LogP contribution in [0.2, 0.25) is 5.02 Å². The molecule has 3 rings (SSSR count). The van der Waals surface area contributed by atoms with Crippen LogP contribution in [0.1, 0.15) is 11.1 Å². The van der Waals surface area contributed by atoms with Crippen molar-refractivity contribution in [3.8, 4) is 11.5 Å². The largest absolute Gasteiger partial charge is 0.493 e. The number of benzene rings is 3. The number of hydrogen-bond acceptors (Lipinski definition) is 3. The van der Waals surface area contributed by atoms with Gasteiger partial charge in [-0.1, -0.05) is 39.7 Å². The lowest BCUT2D eigenvalue weighted by Gasteiger charge is -2.15. The highest BCUT2D eigenvalue weighted by atomic mass is 79.9. The highest BCUT2D eigenvalue weighted by Crippen LogP contribution is 2.34. The van der Waals surface area contributed by atoms with E-state index >= 15 is 0 Å². The Morgan fingerprint density at radius 1 is 1.00 bits per heavy atom. The molecule has 0 aliphatic rings. The summed E-state index contributed by atoms with van der Waals surface area (Å²) in [7, 11) is 1.61. The lowest BCUT2D eigenvalue weighted by molar-refractivity contribution is 0.284. The molecule has 0 amide bonds. The Balaban J connectivity index is 1.70. The molecule has 0 saturated carbocycles. The Morgan fingerprint density at radius 3 is 2.37 bits per heavy atom. The number of halogens is 3. The molecule has 3 nitrogen and oxygen atoms in total. The standard InChI is InChI=1S/C21H18BrClFNO2/c1-26-20-10-15(12-25-18-8-6-17(24)7-9-18)19(22)11-21(20)27-13-14-2-4-16(23)5-3-14/h2-11,25H,12-13H2,1H3. The highest BCUT2D eigenvalue weighted by Gasteiger charge is 2.11. The van der Waals surface area contributed by atoms with Crippen LogP contribution < -0.4 is 14.8 Å². The molecule has 0 aliphatic carbocycles. The minimum atomic E-state index is -0.259. The van der Waals surface area contributed by atoms with Crippen LogP contribution >= 0.6 is 27.5 Å². The molecule has 0 atom stereocenters. The van der Waals surface area contributed by atoms with E-state index in [2.05, 4.69) is 21.2 Å². The Labute approximate surface area is 171 Å². The Hall–Kier alpha value is -2.24. The lowest BCUT2D eigenvalue weighted by atomic mass is 10.2. The molecular weight excluding hydrogens is 433 g/mol. The van der Waals surface area contributed by atoms with Gasteiger partial charge >= 0.3 is 0 Å². The minimum absolute atomic E-state index is 0.259. The van der Waals surface area contributed by atoms with E-state index in [1.165, 1.54) is 12.1 Å². The van der Waals surface area contributed by atoms with Gasteiger partial charge in [-0.2, -0.15) is 0 Å². The van der Waals surface area contributed by atoms with Crippen molar-refractivity contribution in [2.24, 2.45) is 0 Å². The van der Waals surface area contributed by atoms with Gasteiger partial charge in [0.15, 0.2) is 11.5 Å². The fraction of sp³-hybridized carbons (Fsp3) is 0.143. The predicted molar refractivity (Wildman–Crippen MR) is 110 cm³/mol. The van der Waals surface area contributed by atoms with Crippen LogP contribution in [0.4, 0.5) is 10.1 Å². The first-order valence-electron chi connectivity index (χ1n) is 8.28. The maximum Gasteiger partial charge on any atom is 0.162 e. The molecule has 140 valence electrons.